The molecule has 1 aromatic carbocycles. The molecule has 120 valence electrons. The summed E-state index contributed by atoms with van der Waals surface area (Å²) in [6.45, 7) is 2.84. The summed E-state index contributed by atoms with van der Waals surface area (Å²) in [7, 11) is -4.07. The molecule has 10 heteroatoms. The summed E-state index contributed by atoms with van der Waals surface area (Å²) < 4.78 is 40.0. The van der Waals surface area contributed by atoms with Crippen molar-refractivity contribution in [1.82, 2.24) is 4.72 Å². The lowest BCUT2D eigenvalue weighted by Gasteiger charge is -2.14. The van der Waals surface area contributed by atoms with Gasteiger partial charge in [-0.1, -0.05) is 11.6 Å². The van der Waals surface area contributed by atoms with Gasteiger partial charge in [0.15, 0.2) is 0 Å². The minimum absolute atomic E-state index is 0. The van der Waals surface area contributed by atoms with Crippen molar-refractivity contribution in [2.24, 2.45) is 5.73 Å². The summed E-state index contributed by atoms with van der Waals surface area (Å²) in [5.74, 6) is -1.47. The van der Waals surface area contributed by atoms with E-state index in [4.69, 9.17) is 17.3 Å². The number of anilines is 1. The van der Waals surface area contributed by atoms with E-state index in [1.807, 2.05) is 0 Å². The second-order valence-corrected chi connectivity index (χ2v) is 6.29. The molecule has 6 nitrogen and oxygen atoms in total. The van der Waals surface area contributed by atoms with E-state index in [0.29, 0.717) is 0 Å². The van der Waals surface area contributed by atoms with Crippen LogP contribution in [0.4, 0.5) is 10.1 Å². The molecule has 21 heavy (non-hydrogen) atoms. The van der Waals surface area contributed by atoms with Crippen molar-refractivity contribution in [2.45, 2.75) is 24.8 Å². The van der Waals surface area contributed by atoms with Crippen LogP contribution in [0.15, 0.2) is 17.0 Å². The molecule has 0 heterocycles. The molecule has 1 atom stereocenters. The predicted molar refractivity (Wildman–Crippen MR) is 81.8 cm³/mol. The Balaban J connectivity index is 0.00000400. The second-order valence-electron chi connectivity index (χ2n) is 4.20. The Bertz CT molecular complexity index is 625. The van der Waals surface area contributed by atoms with Crippen molar-refractivity contribution in [2.75, 3.05) is 11.9 Å². The zero-order valence-corrected chi connectivity index (χ0v) is 13.7. The lowest BCUT2D eigenvalue weighted by Crippen LogP contribution is -2.38. The summed E-state index contributed by atoms with van der Waals surface area (Å²) >= 11 is 5.82. The van der Waals surface area contributed by atoms with Gasteiger partial charge < -0.3 is 11.1 Å². The molecule has 1 amide bonds. The van der Waals surface area contributed by atoms with E-state index in [0.717, 1.165) is 12.1 Å². The topological polar surface area (TPSA) is 101 Å². The van der Waals surface area contributed by atoms with Gasteiger partial charge in [0, 0.05) is 25.6 Å². The molecule has 0 aliphatic carbocycles. The van der Waals surface area contributed by atoms with Crippen LogP contribution in [0.3, 0.4) is 0 Å². The maximum Gasteiger partial charge on any atom is 0.243 e. The van der Waals surface area contributed by atoms with Crippen LogP contribution in [0.5, 0.6) is 0 Å². The van der Waals surface area contributed by atoms with Crippen LogP contribution < -0.4 is 15.8 Å². The van der Waals surface area contributed by atoms with Gasteiger partial charge in [0.1, 0.15) is 10.7 Å². The number of hydrogen-bond acceptors (Lipinski definition) is 4. The van der Waals surface area contributed by atoms with Gasteiger partial charge in [-0.2, -0.15) is 0 Å². The molecule has 0 unspecified atom stereocenters. The molecule has 0 aliphatic heterocycles. The number of amides is 1. The van der Waals surface area contributed by atoms with Crippen molar-refractivity contribution >= 4 is 45.6 Å². The Morgan fingerprint density at radius 3 is 2.52 bits per heavy atom. The number of carbonyl (C=O) groups is 1. The standard InChI is InChI=1S/C11H15ClFN3O3S.ClH/c1-6(5-14)16-20(18,19)11-3-8(12)10(4-9(11)13)15-7(2)17;/h3-4,6,16H,5,14H2,1-2H3,(H,15,17);1H/t6-;/m0./s1. The minimum Gasteiger partial charge on any atom is -0.329 e. The van der Waals surface area contributed by atoms with E-state index in [1.54, 1.807) is 6.92 Å². The normalized spacial score (nSPS) is 12.4. The van der Waals surface area contributed by atoms with Crippen LogP contribution in [-0.2, 0) is 14.8 Å². The van der Waals surface area contributed by atoms with Crippen molar-refractivity contribution < 1.29 is 17.6 Å². The average Bonchev–Trinajstić information content (AvgIpc) is 2.31. The number of carbonyl (C=O) groups excluding carboxylic acids is 1. The first kappa shape index (κ1) is 20.1. The molecule has 4 N–H and O–H groups in total. The Hall–Kier alpha value is -0.930. The fraction of sp³-hybridized carbons (Fsp3) is 0.364. The largest absolute Gasteiger partial charge is 0.329 e. The zero-order valence-electron chi connectivity index (χ0n) is 11.3. The zero-order chi connectivity index (χ0) is 15.5. The molecule has 0 radical (unpaired) electrons. The molecule has 1 aromatic rings. The molecule has 0 fully saturated rings. The van der Waals surface area contributed by atoms with Gasteiger partial charge in [0.25, 0.3) is 0 Å². The Morgan fingerprint density at radius 2 is 2.05 bits per heavy atom. The third kappa shape index (κ3) is 5.40. The SMILES string of the molecule is CC(=O)Nc1cc(F)c(S(=O)(=O)N[C@@H](C)CN)cc1Cl.Cl. The maximum atomic E-state index is 13.9. The van der Waals surface area contributed by atoms with Gasteiger partial charge in [-0.05, 0) is 13.0 Å². The lowest BCUT2D eigenvalue weighted by atomic mass is 10.3. The number of sulfonamides is 1. The number of benzene rings is 1. The molecule has 0 aliphatic rings. The highest BCUT2D eigenvalue weighted by atomic mass is 35.5. The van der Waals surface area contributed by atoms with Crippen LogP contribution in [0, 0.1) is 5.82 Å². The van der Waals surface area contributed by atoms with Crippen LogP contribution in [-0.4, -0.2) is 26.9 Å². The Kier molecular flexibility index (Phi) is 7.55. The van der Waals surface area contributed by atoms with E-state index >= 15 is 0 Å². The fourth-order valence-corrected chi connectivity index (χ4v) is 3.01. The van der Waals surface area contributed by atoms with Gasteiger partial charge in [-0.25, -0.2) is 17.5 Å². The van der Waals surface area contributed by atoms with Crippen LogP contribution in [0.1, 0.15) is 13.8 Å². The number of nitrogens with one attached hydrogen (secondary N) is 2. The van der Waals surface area contributed by atoms with Crippen molar-refractivity contribution in [3.8, 4) is 0 Å². The smallest absolute Gasteiger partial charge is 0.243 e. The van der Waals surface area contributed by atoms with Crippen molar-refractivity contribution in [3.05, 3.63) is 23.0 Å². The molecule has 0 spiro atoms. The molecule has 1 rings (SSSR count). The first-order chi connectivity index (χ1) is 9.17. The highest BCUT2D eigenvalue weighted by Crippen LogP contribution is 2.28. The fourth-order valence-electron chi connectivity index (χ4n) is 1.40. The van der Waals surface area contributed by atoms with Crippen molar-refractivity contribution in [1.29, 1.82) is 0 Å². The number of halogens is 3. The van der Waals surface area contributed by atoms with Gasteiger partial charge in [-0.15, -0.1) is 12.4 Å². The van der Waals surface area contributed by atoms with E-state index in [2.05, 4.69) is 10.0 Å². The molecule has 0 saturated heterocycles. The van der Waals surface area contributed by atoms with E-state index in [1.165, 1.54) is 6.92 Å². The van der Waals surface area contributed by atoms with Gasteiger partial charge >= 0.3 is 0 Å². The Morgan fingerprint density at radius 1 is 1.48 bits per heavy atom. The van der Waals surface area contributed by atoms with Crippen LogP contribution >= 0.6 is 24.0 Å². The summed E-state index contributed by atoms with van der Waals surface area (Å²) in [6.07, 6.45) is 0. The monoisotopic (exact) mass is 359 g/mol. The number of rotatable bonds is 5. The summed E-state index contributed by atoms with van der Waals surface area (Å²) in [6, 6.07) is 1.24. The molecule has 0 saturated carbocycles. The highest BCUT2D eigenvalue weighted by molar-refractivity contribution is 7.89. The second kappa shape index (κ2) is 7.90. The maximum absolute atomic E-state index is 13.9. The third-order valence-electron chi connectivity index (χ3n) is 2.33. The minimum atomic E-state index is -4.07. The third-order valence-corrected chi connectivity index (χ3v) is 4.25. The molecular formula is C11H16Cl2FN3O3S. The molecule has 0 bridgehead atoms. The summed E-state index contributed by atoms with van der Waals surface area (Å²) in [5.41, 5.74) is 5.31. The summed E-state index contributed by atoms with van der Waals surface area (Å²) in [4.78, 5) is 10.3. The van der Waals surface area contributed by atoms with E-state index in [9.17, 15) is 17.6 Å². The average molecular weight is 360 g/mol. The predicted octanol–water partition coefficient (Wildman–Crippen LogP) is 1.48. The molecular weight excluding hydrogens is 344 g/mol. The quantitative estimate of drug-likeness (QED) is 0.740. The molecule has 0 aromatic heterocycles. The Labute approximate surface area is 133 Å². The number of hydrogen-bond donors (Lipinski definition) is 3. The lowest BCUT2D eigenvalue weighted by molar-refractivity contribution is -0.114. The van der Waals surface area contributed by atoms with Gasteiger partial charge in [-0.3, -0.25) is 4.79 Å². The first-order valence-corrected chi connectivity index (χ1v) is 7.52. The van der Waals surface area contributed by atoms with E-state index in [-0.39, 0.29) is 29.7 Å². The summed E-state index contributed by atoms with van der Waals surface area (Å²) in [5, 5.41) is 2.22. The van der Waals surface area contributed by atoms with Gasteiger partial charge in [0.2, 0.25) is 15.9 Å². The van der Waals surface area contributed by atoms with Crippen LogP contribution in [0.25, 0.3) is 0 Å². The first-order valence-electron chi connectivity index (χ1n) is 5.66. The van der Waals surface area contributed by atoms with Gasteiger partial charge in [0.05, 0.1) is 10.7 Å². The van der Waals surface area contributed by atoms with Crippen LogP contribution in [0.2, 0.25) is 5.02 Å². The number of nitrogens with two attached hydrogens (primary N) is 1. The highest BCUT2D eigenvalue weighted by Gasteiger charge is 2.23. The van der Waals surface area contributed by atoms with E-state index < -0.39 is 32.7 Å². The van der Waals surface area contributed by atoms with Crippen molar-refractivity contribution in [3.63, 3.8) is 0 Å².